The van der Waals surface area contributed by atoms with Crippen LogP contribution < -0.4 is 14.8 Å². The number of aryl methyl sites for hydroxylation is 3. The minimum absolute atomic E-state index is 0.127. The number of thiazole rings is 1. The third-order valence-electron chi connectivity index (χ3n) is 5.02. The number of fused-ring (bicyclic) bond motifs is 1. The molecule has 1 aliphatic rings. The van der Waals surface area contributed by atoms with Gasteiger partial charge in [0.25, 0.3) is 5.91 Å². The van der Waals surface area contributed by atoms with E-state index in [1.807, 2.05) is 31.3 Å². The van der Waals surface area contributed by atoms with Crippen LogP contribution in [0, 0.1) is 6.92 Å². The minimum atomic E-state index is -0.127. The van der Waals surface area contributed by atoms with Gasteiger partial charge in [-0.05, 0) is 38.0 Å². The zero-order chi connectivity index (χ0) is 20.4. The van der Waals surface area contributed by atoms with Crippen LogP contribution in [0.2, 0.25) is 0 Å². The summed E-state index contributed by atoms with van der Waals surface area (Å²) in [6.07, 6.45) is 5.43. The molecule has 152 valence electrons. The van der Waals surface area contributed by atoms with Gasteiger partial charge in [-0.25, -0.2) is 9.97 Å². The molecule has 0 atom stereocenters. The highest BCUT2D eigenvalue weighted by molar-refractivity contribution is 7.17. The molecule has 7 nitrogen and oxygen atoms in total. The summed E-state index contributed by atoms with van der Waals surface area (Å²) in [6.45, 7) is 3.28. The van der Waals surface area contributed by atoms with Crippen molar-refractivity contribution in [3.63, 3.8) is 0 Å². The summed E-state index contributed by atoms with van der Waals surface area (Å²) in [5.74, 6) is 2.28. The quantitative estimate of drug-likeness (QED) is 0.669. The second-order valence-corrected chi connectivity index (χ2v) is 7.98. The van der Waals surface area contributed by atoms with E-state index in [1.54, 1.807) is 14.2 Å². The first kappa shape index (κ1) is 19.4. The van der Waals surface area contributed by atoms with Gasteiger partial charge in [-0.1, -0.05) is 0 Å². The van der Waals surface area contributed by atoms with Crippen molar-refractivity contribution in [3.8, 4) is 22.1 Å². The molecule has 0 fully saturated rings. The normalized spacial score (nSPS) is 13.1. The zero-order valence-corrected chi connectivity index (χ0v) is 17.6. The first-order chi connectivity index (χ1) is 14.1. The fraction of sp³-hybridized carbons (Fsp3) is 0.381. The number of imidazole rings is 1. The molecule has 3 heterocycles. The number of benzene rings is 1. The maximum atomic E-state index is 12.7. The maximum absolute atomic E-state index is 12.7. The lowest BCUT2D eigenvalue weighted by Gasteiger charge is -2.11. The van der Waals surface area contributed by atoms with E-state index in [1.165, 1.54) is 24.2 Å². The molecule has 4 rings (SSSR count). The van der Waals surface area contributed by atoms with Crippen LogP contribution in [-0.4, -0.2) is 34.7 Å². The van der Waals surface area contributed by atoms with E-state index in [0.717, 1.165) is 35.1 Å². The van der Waals surface area contributed by atoms with Gasteiger partial charge in [0.05, 0.1) is 32.2 Å². The lowest BCUT2D eigenvalue weighted by molar-refractivity contribution is 0.0953. The summed E-state index contributed by atoms with van der Waals surface area (Å²) in [4.78, 5) is 22.6. The molecule has 0 radical (unpaired) electrons. The van der Waals surface area contributed by atoms with E-state index in [9.17, 15) is 4.79 Å². The van der Waals surface area contributed by atoms with Gasteiger partial charge in [0.15, 0.2) is 11.5 Å². The lowest BCUT2D eigenvalue weighted by Crippen LogP contribution is -2.22. The van der Waals surface area contributed by atoms with Crippen LogP contribution >= 0.6 is 11.3 Å². The summed E-state index contributed by atoms with van der Waals surface area (Å²) in [5.41, 5.74) is 2.50. The van der Waals surface area contributed by atoms with Gasteiger partial charge >= 0.3 is 0 Å². The molecule has 1 N–H and O–H groups in total. The second kappa shape index (κ2) is 8.24. The third kappa shape index (κ3) is 3.98. The van der Waals surface area contributed by atoms with Crippen molar-refractivity contribution in [1.29, 1.82) is 0 Å². The van der Waals surface area contributed by atoms with Crippen LogP contribution in [0.1, 0.15) is 39.7 Å². The molecule has 1 amide bonds. The summed E-state index contributed by atoms with van der Waals surface area (Å²) < 4.78 is 12.8. The molecule has 3 aromatic rings. The van der Waals surface area contributed by atoms with E-state index in [-0.39, 0.29) is 5.91 Å². The molecule has 0 saturated heterocycles. The molecule has 1 aliphatic heterocycles. The number of hydrogen-bond donors (Lipinski definition) is 1. The van der Waals surface area contributed by atoms with E-state index in [2.05, 4.69) is 19.9 Å². The Hall–Kier alpha value is -2.87. The van der Waals surface area contributed by atoms with Gasteiger partial charge in [0.2, 0.25) is 0 Å². The molecule has 8 heteroatoms. The van der Waals surface area contributed by atoms with Crippen molar-refractivity contribution in [3.05, 3.63) is 46.5 Å². The highest BCUT2D eigenvalue weighted by Gasteiger charge is 2.18. The van der Waals surface area contributed by atoms with Gasteiger partial charge in [-0.15, -0.1) is 11.3 Å². The van der Waals surface area contributed by atoms with Gasteiger partial charge in [-0.2, -0.15) is 0 Å². The predicted molar refractivity (Wildman–Crippen MR) is 112 cm³/mol. The highest BCUT2D eigenvalue weighted by Crippen LogP contribution is 2.35. The van der Waals surface area contributed by atoms with Gasteiger partial charge < -0.3 is 19.4 Å². The Morgan fingerprint density at radius 1 is 1.21 bits per heavy atom. The fourth-order valence-electron chi connectivity index (χ4n) is 3.51. The predicted octanol–water partition coefficient (Wildman–Crippen LogP) is 3.60. The number of hydrogen-bond acceptors (Lipinski definition) is 6. The van der Waals surface area contributed by atoms with E-state index < -0.39 is 0 Å². The number of nitrogens with zero attached hydrogens (tertiary/aromatic N) is 3. The molecule has 2 aromatic heterocycles. The number of carbonyl (C=O) groups excluding carboxylic acids is 1. The van der Waals surface area contributed by atoms with Crippen molar-refractivity contribution >= 4 is 17.2 Å². The molecule has 29 heavy (non-hydrogen) atoms. The van der Waals surface area contributed by atoms with Crippen molar-refractivity contribution in [2.24, 2.45) is 0 Å². The Bertz CT molecular complexity index is 1020. The van der Waals surface area contributed by atoms with Crippen LogP contribution in [0.5, 0.6) is 11.5 Å². The first-order valence-corrected chi connectivity index (χ1v) is 10.4. The second-order valence-electron chi connectivity index (χ2n) is 6.98. The number of ether oxygens (including phenoxy) is 2. The Morgan fingerprint density at radius 3 is 2.79 bits per heavy atom. The van der Waals surface area contributed by atoms with Crippen molar-refractivity contribution in [2.45, 2.75) is 39.3 Å². The number of aromatic nitrogens is 3. The average molecular weight is 413 g/mol. The number of rotatable bonds is 6. The Morgan fingerprint density at radius 2 is 2.03 bits per heavy atom. The van der Waals surface area contributed by atoms with Crippen LogP contribution in [0.4, 0.5) is 0 Å². The molecule has 0 aliphatic carbocycles. The van der Waals surface area contributed by atoms with Crippen LogP contribution in [0.3, 0.4) is 0 Å². The number of amides is 1. The third-order valence-corrected chi connectivity index (χ3v) is 6.23. The SMILES string of the molecule is COc1ccc(-c2nc(C)c(C(=O)NCc3cn4c(n3)CCCC4)s2)cc1OC. The topological polar surface area (TPSA) is 78.3 Å². The Balaban J connectivity index is 1.48. The van der Waals surface area contributed by atoms with E-state index in [4.69, 9.17) is 9.47 Å². The van der Waals surface area contributed by atoms with E-state index >= 15 is 0 Å². The minimum Gasteiger partial charge on any atom is -0.493 e. The molecule has 0 saturated carbocycles. The standard InChI is InChI=1S/C21H24N4O3S/c1-13-19(20(26)22-11-15-12-25-9-5-4-6-18(25)24-15)29-21(23-13)14-7-8-16(27-2)17(10-14)28-3/h7-8,10,12H,4-6,9,11H2,1-3H3,(H,22,26). The number of methoxy groups -OCH3 is 2. The summed E-state index contributed by atoms with van der Waals surface area (Å²) in [5, 5.41) is 3.75. The van der Waals surface area contributed by atoms with Crippen molar-refractivity contribution in [1.82, 2.24) is 19.9 Å². The first-order valence-electron chi connectivity index (χ1n) is 9.62. The molecule has 0 bridgehead atoms. The number of carbonyl (C=O) groups is 1. The zero-order valence-electron chi connectivity index (χ0n) is 16.8. The van der Waals surface area contributed by atoms with Gasteiger partial charge in [0.1, 0.15) is 15.7 Å². The summed E-state index contributed by atoms with van der Waals surface area (Å²) in [7, 11) is 3.20. The Kier molecular flexibility index (Phi) is 5.53. The van der Waals surface area contributed by atoms with Crippen molar-refractivity contribution in [2.75, 3.05) is 14.2 Å². The van der Waals surface area contributed by atoms with Gasteiger partial charge in [0, 0.05) is 24.7 Å². The van der Waals surface area contributed by atoms with Crippen LogP contribution in [0.25, 0.3) is 10.6 Å². The highest BCUT2D eigenvalue weighted by atomic mass is 32.1. The molecular formula is C21H24N4O3S. The van der Waals surface area contributed by atoms with Crippen molar-refractivity contribution < 1.29 is 14.3 Å². The Labute approximate surface area is 173 Å². The smallest absolute Gasteiger partial charge is 0.263 e. The largest absolute Gasteiger partial charge is 0.493 e. The summed E-state index contributed by atoms with van der Waals surface area (Å²) >= 11 is 1.37. The summed E-state index contributed by atoms with van der Waals surface area (Å²) in [6, 6.07) is 5.62. The lowest BCUT2D eigenvalue weighted by atomic mass is 10.2. The van der Waals surface area contributed by atoms with Gasteiger partial charge in [-0.3, -0.25) is 4.79 Å². The molecule has 0 spiro atoms. The number of nitrogens with one attached hydrogen (secondary N) is 1. The average Bonchev–Trinajstić information content (AvgIpc) is 3.34. The molecule has 0 unspecified atom stereocenters. The maximum Gasteiger partial charge on any atom is 0.263 e. The van der Waals surface area contributed by atoms with E-state index in [0.29, 0.717) is 28.6 Å². The van der Waals surface area contributed by atoms with Crippen LogP contribution in [-0.2, 0) is 19.5 Å². The fourth-order valence-corrected chi connectivity index (χ4v) is 4.49. The molecule has 1 aromatic carbocycles. The van der Waals surface area contributed by atoms with Crippen LogP contribution in [0.15, 0.2) is 24.4 Å². The monoisotopic (exact) mass is 412 g/mol. The molecular weight excluding hydrogens is 388 g/mol.